The van der Waals surface area contributed by atoms with Crippen molar-refractivity contribution >= 4 is 45.9 Å². The summed E-state index contributed by atoms with van der Waals surface area (Å²) in [5, 5.41) is 14.7. The van der Waals surface area contributed by atoms with Gasteiger partial charge in [-0.1, -0.05) is 23.7 Å². The Kier molecular flexibility index (Phi) is 5.02. The number of thiophene rings is 1. The molecule has 1 amide bonds. The zero-order chi connectivity index (χ0) is 17.8. The number of carboxylic acids is 1. The lowest BCUT2D eigenvalue weighted by atomic mass is 10.0. The highest BCUT2D eigenvalue weighted by molar-refractivity contribution is 7.15. The van der Waals surface area contributed by atoms with Gasteiger partial charge in [-0.25, -0.2) is 4.79 Å². The molecule has 1 aromatic carbocycles. The van der Waals surface area contributed by atoms with Crippen molar-refractivity contribution in [2.24, 2.45) is 0 Å². The maximum absolute atomic E-state index is 12.0. The van der Waals surface area contributed by atoms with Crippen molar-refractivity contribution in [1.82, 2.24) is 0 Å². The number of hydrogen-bond donors (Lipinski definition) is 2. The summed E-state index contributed by atoms with van der Waals surface area (Å²) in [4.78, 5) is 23.7. The Morgan fingerprint density at radius 2 is 1.96 bits per heavy atom. The molecule has 0 bridgehead atoms. The summed E-state index contributed by atoms with van der Waals surface area (Å²) < 4.78 is 5.10. The molecule has 25 heavy (non-hydrogen) atoms. The van der Waals surface area contributed by atoms with E-state index in [0.717, 1.165) is 11.3 Å². The van der Waals surface area contributed by atoms with Gasteiger partial charge in [-0.2, -0.15) is 0 Å². The molecular weight excluding hydrogens is 362 g/mol. The van der Waals surface area contributed by atoms with E-state index in [2.05, 4.69) is 5.32 Å². The average Bonchev–Trinajstić information content (AvgIpc) is 3.23. The number of rotatable bonds is 5. The van der Waals surface area contributed by atoms with Gasteiger partial charge in [0.1, 0.15) is 16.3 Å². The van der Waals surface area contributed by atoms with Crippen LogP contribution < -0.4 is 5.32 Å². The lowest BCUT2D eigenvalue weighted by Gasteiger charge is -2.04. The van der Waals surface area contributed by atoms with Gasteiger partial charge in [-0.3, -0.25) is 4.79 Å². The largest absolute Gasteiger partial charge is 0.478 e. The first-order valence-electron chi connectivity index (χ1n) is 7.18. The summed E-state index contributed by atoms with van der Waals surface area (Å²) in [5.41, 5.74) is 1.29. The molecule has 0 unspecified atom stereocenters. The van der Waals surface area contributed by atoms with Crippen LogP contribution in [0.25, 0.3) is 17.2 Å². The molecule has 5 nitrogen and oxygen atoms in total. The molecule has 3 rings (SSSR count). The van der Waals surface area contributed by atoms with E-state index in [4.69, 9.17) is 16.0 Å². The second kappa shape index (κ2) is 7.38. The standard InChI is InChI=1S/C18H12ClNO4S/c19-12-5-3-11(4-6-12)14-10-25-17(16(14)18(22)23)20-15(21)8-7-13-2-1-9-24-13/h1-10H,(H,20,21)(H,22,23)/b8-7+. The second-order valence-electron chi connectivity index (χ2n) is 5.00. The van der Waals surface area contributed by atoms with E-state index in [-0.39, 0.29) is 10.6 Å². The van der Waals surface area contributed by atoms with Gasteiger partial charge < -0.3 is 14.8 Å². The van der Waals surface area contributed by atoms with Crippen molar-refractivity contribution < 1.29 is 19.1 Å². The number of amides is 1. The molecule has 0 saturated carbocycles. The molecule has 0 spiro atoms. The fourth-order valence-electron chi connectivity index (χ4n) is 2.20. The topological polar surface area (TPSA) is 79.5 Å². The van der Waals surface area contributed by atoms with E-state index in [1.54, 1.807) is 41.8 Å². The van der Waals surface area contributed by atoms with E-state index in [1.807, 2.05) is 0 Å². The summed E-state index contributed by atoms with van der Waals surface area (Å²) in [6, 6.07) is 10.3. The number of carbonyl (C=O) groups is 2. The molecule has 126 valence electrons. The Balaban J connectivity index is 1.85. The van der Waals surface area contributed by atoms with Gasteiger partial charge in [0.25, 0.3) is 0 Å². The Hall–Kier alpha value is -2.83. The molecule has 0 aliphatic rings. The minimum Gasteiger partial charge on any atom is -0.478 e. The Bertz CT molecular complexity index is 927. The highest BCUT2D eigenvalue weighted by atomic mass is 35.5. The van der Waals surface area contributed by atoms with Crippen LogP contribution in [0.15, 0.2) is 58.5 Å². The van der Waals surface area contributed by atoms with E-state index in [9.17, 15) is 14.7 Å². The number of halogens is 1. The maximum Gasteiger partial charge on any atom is 0.339 e. The van der Waals surface area contributed by atoms with Crippen molar-refractivity contribution in [1.29, 1.82) is 0 Å². The monoisotopic (exact) mass is 373 g/mol. The minimum absolute atomic E-state index is 0.0482. The average molecular weight is 374 g/mol. The van der Waals surface area contributed by atoms with Crippen LogP contribution >= 0.6 is 22.9 Å². The van der Waals surface area contributed by atoms with Crippen molar-refractivity contribution in [2.45, 2.75) is 0 Å². The van der Waals surface area contributed by atoms with E-state index < -0.39 is 11.9 Å². The minimum atomic E-state index is -1.11. The molecule has 3 aromatic rings. The molecule has 0 atom stereocenters. The molecule has 0 fully saturated rings. The van der Waals surface area contributed by atoms with Crippen LogP contribution in [0.3, 0.4) is 0 Å². The molecule has 0 saturated heterocycles. The van der Waals surface area contributed by atoms with Crippen LogP contribution in [0.5, 0.6) is 0 Å². The SMILES string of the molecule is O=C(/C=C/c1ccco1)Nc1scc(-c2ccc(Cl)cc2)c1C(=O)O. The van der Waals surface area contributed by atoms with Gasteiger partial charge in [0.15, 0.2) is 0 Å². The number of furan rings is 1. The van der Waals surface area contributed by atoms with E-state index >= 15 is 0 Å². The van der Waals surface area contributed by atoms with Gasteiger partial charge in [0, 0.05) is 22.0 Å². The summed E-state index contributed by atoms with van der Waals surface area (Å²) in [6.07, 6.45) is 4.29. The van der Waals surface area contributed by atoms with Gasteiger partial charge in [0.2, 0.25) is 5.91 Å². The Morgan fingerprint density at radius 3 is 2.60 bits per heavy atom. The van der Waals surface area contributed by atoms with Crippen molar-refractivity contribution in [2.75, 3.05) is 5.32 Å². The maximum atomic E-state index is 12.0. The molecule has 2 N–H and O–H groups in total. The number of anilines is 1. The normalized spacial score (nSPS) is 10.9. The third kappa shape index (κ3) is 3.99. The van der Waals surface area contributed by atoms with Gasteiger partial charge in [-0.05, 0) is 35.9 Å². The van der Waals surface area contributed by atoms with Crippen LogP contribution in [-0.4, -0.2) is 17.0 Å². The number of carboxylic acid groups (broad SMARTS) is 1. The molecule has 0 aliphatic carbocycles. The van der Waals surface area contributed by atoms with E-state index in [0.29, 0.717) is 21.9 Å². The molecular formula is C18H12ClNO4S. The molecule has 2 aromatic heterocycles. The number of aromatic carboxylic acids is 1. The van der Waals surface area contributed by atoms with Crippen molar-refractivity contribution in [3.8, 4) is 11.1 Å². The number of nitrogens with one attached hydrogen (secondary N) is 1. The van der Waals surface area contributed by atoms with Crippen LogP contribution in [0.4, 0.5) is 5.00 Å². The van der Waals surface area contributed by atoms with Crippen LogP contribution in [-0.2, 0) is 4.79 Å². The van der Waals surface area contributed by atoms with Crippen LogP contribution in [0.1, 0.15) is 16.1 Å². The summed E-state index contributed by atoms with van der Waals surface area (Å²) >= 11 is 7.02. The number of carbonyl (C=O) groups excluding carboxylic acids is 1. The second-order valence-corrected chi connectivity index (χ2v) is 6.32. The highest BCUT2D eigenvalue weighted by Crippen LogP contribution is 2.36. The molecule has 0 radical (unpaired) electrons. The highest BCUT2D eigenvalue weighted by Gasteiger charge is 2.20. The first kappa shape index (κ1) is 17.0. The lowest BCUT2D eigenvalue weighted by molar-refractivity contribution is -0.111. The molecule has 7 heteroatoms. The molecule has 2 heterocycles. The fourth-order valence-corrected chi connectivity index (χ4v) is 3.29. The Morgan fingerprint density at radius 1 is 1.20 bits per heavy atom. The van der Waals surface area contributed by atoms with Crippen molar-refractivity contribution in [3.63, 3.8) is 0 Å². The van der Waals surface area contributed by atoms with Crippen LogP contribution in [0, 0.1) is 0 Å². The Labute approximate surface area is 152 Å². The van der Waals surface area contributed by atoms with Gasteiger partial charge in [-0.15, -0.1) is 11.3 Å². The van der Waals surface area contributed by atoms with Crippen molar-refractivity contribution in [3.05, 3.63) is 70.5 Å². The zero-order valence-electron chi connectivity index (χ0n) is 12.7. The lowest BCUT2D eigenvalue weighted by Crippen LogP contribution is -2.10. The zero-order valence-corrected chi connectivity index (χ0v) is 14.3. The van der Waals surface area contributed by atoms with Gasteiger partial charge >= 0.3 is 5.97 Å². The fraction of sp³-hybridized carbons (Fsp3) is 0. The predicted octanol–water partition coefficient (Wildman–Crippen LogP) is 5.01. The summed E-state index contributed by atoms with van der Waals surface area (Å²) in [6.45, 7) is 0. The smallest absolute Gasteiger partial charge is 0.339 e. The predicted molar refractivity (Wildman–Crippen MR) is 98.1 cm³/mol. The molecule has 0 aliphatic heterocycles. The third-order valence-electron chi connectivity index (χ3n) is 3.34. The van der Waals surface area contributed by atoms with Crippen LogP contribution in [0.2, 0.25) is 5.02 Å². The third-order valence-corrected chi connectivity index (χ3v) is 4.49. The first-order valence-corrected chi connectivity index (χ1v) is 8.43. The summed E-state index contributed by atoms with van der Waals surface area (Å²) in [7, 11) is 0. The van der Waals surface area contributed by atoms with Gasteiger partial charge in [0.05, 0.1) is 6.26 Å². The summed E-state index contributed by atoms with van der Waals surface area (Å²) in [5.74, 6) is -1.03. The quantitative estimate of drug-likeness (QED) is 0.616. The number of benzene rings is 1. The first-order chi connectivity index (χ1) is 12.0. The number of hydrogen-bond acceptors (Lipinski definition) is 4. The van der Waals surface area contributed by atoms with E-state index in [1.165, 1.54) is 18.4 Å².